The first kappa shape index (κ1) is 44.0. The van der Waals surface area contributed by atoms with E-state index in [4.69, 9.17) is 19.3 Å². The largest absolute Gasteiger partial charge is 0.445 e. The summed E-state index contributed by atoms with van der Waals surface area (Å²) in [6.45, 7) is 8.04. The molecule has 16 heteroatoms. The maximum absolute atomic E-state index is 14.5. The summed E-state index contributed by atoms with van der Waals surface area (Å²) >= 11 is 0. The van der Waals surface area contributed by atoms with E-state index in [2.05, 4.69) is 16.7 Å². The predicted molar refractivity (Wildman–Crippen MR) is 208 cm³/mol. The number of carbonyl (C=O) groups excluding carboxylic acids is 3. The highest BCUT2D eigenvalue weighted by atomic mass is 16.6. The minimum Gasteiger partial charge on any atom is -0.445 e. The zero-order valence-corrected chi connectivity index (χ0v) is 34.2. The van der Waals surface area contributed by atoms with Gasteiger partial charge in [-0.15, -0.1) is 0 Å². The maximum Gasteiger partial charge on any atom is 0.408 e. The first-order chi connectivity index (χ1) is 27.5. The smallest absolute Gasteiger partial charge is 0.408 e. The second-order valence-corrected chi connectivity index (χ2v) is 18.6. The average molecular weight is 814 g/mol. The standard InChI is InChI=1S/C42H63N5O11/c1-5-46(21-32(49)34(51)35(52)33(50)22-48)20-25-6-8-26(9-7-25)23-56-38(54)44-10-11-57-42-17-27-12-28(18-42)16-41(15-27,24-42)36(45-39(55)58-40(2,3)4)37(53)47-30(19-43)13-29-14-31(29)47/h6-9,27-36,48-52H,5,10-18,20-24H2,1-4H3,(H,44,54)(H,45,55)/t27?,28?,29-,30+,31+,32+,33-,34-,35-,36-,41?,42?/m1/s1. The van der Waals surface area contributed by atoms with Crippen molar-refractivity contribution >= 4 is 18.1 Å². The molecule has 3 amide bonds. The highest BCUT2D eigenvalue weighted by Gasteiger charge is 2.64. The zero-order chi connectivity index (χ0) is 42.0. The van der Waals surface area contributed by atoms with Crippen molar-refractivity contribution in [3.8, 4) is 6.07 Å². The van der Waals surface area contributed by atoms with Crippen LogP contribution < -0.4 is 10.6 Å². The van der Waals surface area contributed by atoms with Gasteiger partial charge in [-0.1, -0.05) is 31.2 Å². The molecule has 5 saturated carbocycles. The van der Waals surface area contributed by atoms with Crippen molar-refractivity contribution in [2.24, 2.45) is 23.2 Å². The number of hydrogen-bond acceptors (Lipinski definition) is 13. The summed E-state index contributed by atoms with van der Waals surface area (Å²) in [5.41, 5.74) is -0.107. The van der Waals surface area contributed by atoms with E-state index in [0.717, 1.165) is 49.7 Å². The van der Waals surface area contributed by atoms with E-state index in [1.165, 1.54) is 0 Å². The van der Waals surface area contributed by atoms with Gasteiger partial charge in [0.1, 0.15) is 42.6 Å². The average Bonchev–Trinajstić information content (AvgIpc) is 3.84. The van der Waals surface area contributed by atoms with Gasteiger partial charge in [-0.25, -0.2) is 9.59 Å². The van der Waals surface area contributed by atoms with Crippen LogP contribution in [-0.2, 0) is 32.2 Å². The van der Waals surface area contributed by atoms with Gasteiger partial charge in [0.2, 0.25) is 5.91 Å². The zero-order valence-electron chi connectivity index (χ0n) is 34.2. The van der Waals surface area contributed by atoms with E-state index in [1.807, 2.05) is 36.1 Å². The molecule has 10 atom stereocenters. The number of nitrogens with one attached hydrogen (secondary N) is 2. The van der Waals surface area contributed by atoms with Crippen LogP contribution in [0.15, 0.2) is 24.3 Å². The molecule has 0 radical (unpaired) electrons. The first-order valence-electron chi connectivity index (χ1n) is 20.9. The number of hydrogen-bond donors (Lipinski definition) is 7. The second kappa shape index (κ2) is 18.0. The molecule has 0 aromatic heterocycles. The fourth-order valence-electron chi connectivity index (χ4n) is 10.6. The molecule has 5 aliphatic carbocycles. The Morgan fingerprint density at radius 2 is 1.62 bits per heavy atom. The summed E-state index contributed by atoms with van der Waals surface area (Å²) < 4.78 is 17.8. The van der Waals surface area contributed by atoms with Gasteiger partial charge in [0.15, 0.2) is 0 Å². The first-order valence-corrected chi connectivity index (χ1v) is 20.9. The third-order valence-corrected chi connectivity index (χ3v) is 12.9. The third-order valence-electron chi connectivity index (χ3n) is 12.9. The normalized spacial score (nSPS) is 30.8. The van der Waals surface area contributed by atoms with Gasteiger partial charge < -0.3 is 55.3 Å². The molecule has 6 aliphatic rings. The number of aliphatic hydroxyl groups excluding tert-OH is 5. The van der Waals surface area contributed by atoms with Crippen LogP contribution >= 0.6 is 0 Å². The number of rotatable bonds is 18. The van der Waals surface area contributed by atoms with Crippen molar-refractivity contribution in [3.05, 3.63) is 35.4 Å². The van der Waals surface area contributed by atoms with E-state index in [9.17, 15) is 40.1 Å². The van der Waals surface area contributed by atoms with E-state index in [1.54, 1.807) is 25.7 Å². The molecule has 16 nitrogen and oxygen atoms in total. The van der Waals surface area contributed by atoms with Crippen LogP contribution in [0, 0.1) is 34.5 Å². The molecule has 0 spiro atoms. The van der Waals surface area contributed by atoms with Crippen LogP contribution in [0.1, 0.15) is 90.2 Å². The fourth-order valence-corrected chi connectivity index (χ4v) is 10.6. The molecule has 2 unspecified atom stereocenters. The molecule has 1 aromatic carbocycles. The number of likely N-dealkylation sites (tertiary alicyclic amines) is 1. The minimum atomic E-state index is -1.69. The van der Waals surface area contributed by atoms with Crippen LogP contribution in [-0.4, -0.2) is 140 Å². The molecule has 1 heterocycles. The molecule has 1 saturated heterocycles. The van der Waals surface area contributed by atoms with Crippen molar-refractivity contribution in [1.29, 1.82) is 5.26 Å². The Kier molecular flexibility index (Phi) is 13.6. The summed E-state index contributed by atoms with van der Waals surface area (Å²) in [4.78, 5) is 44.1. The number of alkyl carbamates (subject to hydrolysis) is 2. The molecular weight excluding hydrogens is 750 g/mol. The molecule has 1 aliphatic heterocycles. The molecule has 322 valence electrons. The van der Waals surface area contributed by atoms with Gasteiger partial charge in [-0.3, -0.25) is 9.69 Å². The number of ether oxygens (including phenoxy) is 3. The molecule has 1 aromatic rings. The lowest BCUT2D eigenvalue weighted by atomic mass is 9.46. The number of piperidine rings is 1. The Morgan fingerprint density at radius 1 is 0.966 bits per heavy atom. The van der Waals surface area contributed by atoms with E-state index in [0.29, 0.717) is 43.7 Å². The van der Waals surface area contributed by atoms with Crippen LogP contribution in [0.25, 0.3) is 0 Å². The molecule has 6 fully saturated rings. The number of nitrogens with zero attached hydrogens (tertiary/aromatic N) is 3. The lowest BCUT2D eigenvalue weighted by molar-refractivity contribution is -0.201. The van der Waals surface area contributed by atoms with Crippen LogP contribution in [0.2, 0.25) is 0 Å². The lowest BCUT2D eigenvalue weighted by Gasteiger charge is -2.63. The van der Waals surface area contributed by atoms with Crippen molar-refractivity contribution in [2.75, 3.05) is 32.8 Å². The second-order valence-electron chi connectivity index (χ2n) is 18.6. The van der Waals surface area contributed by atoms with Crippen LogP contribution in [0.4, 0.5) is 9.59 Å². The molecule has 7 N–H and O–H groups in total. The van der Waals surface area contributed by atoms with Gasteiger partial charge in [0, 0.05) is 31.1 Å². The SMILES string of the molecule is CCN(Cc1ccc(COC(=O)NCCOC23CC4CC(C2)CC([C@H](NC(=O)OC(C)(C)C)C(=O)N2[C@H](C#N)C[C@@H]5C[C@@H]52)(C4)C3)cc1)C[C@H](O)[C@@H](O)[C@H](O)[C@H](O)CO. The van der Waals surface area contributed by atoms with Crippen molar-refractivity contribution < 1.29 is 54.1 Å². The number of benzene rings is 1. The van der Waals surface area contributed by atoms with E-state index in [-0.39, 0.29) is 38.3 Å². The van der Waals surface area contributed by atoms with Crippen LogP contribution in [0.3, 0.4) is 0 Å². The number of amides is 3. The minimum absolute atomic E-state index is 0.0273. The number of likely N-dealkylation sites (N-methyl/N-ethyl adjacent to an activating group) is 1. The highest BCUT2D eigenvalue weighted by Crippen LogP contribution is 2.64. The Bertz CT molecular complexity index is 1630. The molecule has 7 rings (SSSR count). The summed E-state index contributed by atoms with van der Waals surface area (Å²) in [7, 11) is 0. The quantitative estimate of drug-likeness (QED) is 0.105. The maximum atomic E-state index is 14.5. The van der Waals surface area contributed by atoms with Gasteiger partial charge in [0.25, 0.3) is 0 Å². The summed E-state index contributed by atoms with van der Waals surface area (Å²) in [5.74, 6) is 0.817. The molecule has 4 bridgehead atoms. The van der Waals surface area contributed by atoms with Crippen molar-refractivity contribution in [1.82, 2.24) is 20.4 Å². The number of nitriles is 1. The van der Waals surface area contributed by atoms with E-state index >= 15 is 0 Å². The van der Waals surface area contributed by atoms with E-state index < -0.39 is 71.9 Å². The number of aliphatic hydroxyl groups is 5. The monoisotopic (exact) mass is 813 g/mol. The van der Waals surface area contributed by atoms with Gasteiger partial charge in [-0.2, -0.15) is 5.26 Å². The van der Waals surface area contributed by atoms with Crippen LogP contribution in [0.5, 0.6) is 0 Å². The van der Waals surface area contributed by atoms with Gasteiger partial charge >= 0.3 is 12.2 Å². The number of carbonyl (C=O) groups is 3. The van der Waals surface area contributed by atoms with Crippen molar-refractivity contribution in [2.45, 2.75) is 146 Å². The molecule has 58 heavy (non-hydrogen) atoms. The van der Waals surface area contributed by atoms with Gasteiger partial charge in [0.05, 0.1) is 31.0 Å². The summed E-state index contributed by atoms with van der Waals surface area (Å²) in [6.07, 6.45) is -0.964. The predicted octanol–water partition coefficient (Wildman–Crippen LogP) is 1.93. The lowest BCUT2D eigenvalue weighted by Crippen LogP contribution is -2.67. The highest BCUT2D eigenvalue weighted by molar-refractivity contribution is 5.88. The Balaban J connectivity index is 0.994. The summed E-state index contributed by atoms with van der Waals surface area (Å²) in [6, 6.07) is 8.45. The Morgan fingerprint density at radius 3 is 2.24 bits per heavy atom. The Hall–Kier alpha value is -3.56. The topological polar surface area (TPSA) is 234 Å². The van der Waals surface area contributed by atoms with Gasteiger partial charge in [-0.05, 0) is 108 Å². The van der Waals surface area contributed by atoms with Crippen molar-refractivity contribution in [3.63, 3.8) is 0 Å². The summed E-state index contributed by atoms with van der Waals surface area (Å²) in [5, 5.41) is 64.8. The number of fused-ring (bicyclic) bond motifs is 1. The third kappa shape index (κ3) is 10.2. The fraction of sp³-hybridized carbons (Fsp3) is 0.762. The Labute approximate surface area is 340 Å². The molecular formula is C42H63N5O11.